The Labute approximate surface area is 95.9 Å². The van der Waals surface area contributed by atoms with E-state index in [1.807, 2.05) is 0 Å². The Balaban J connectivity index is 4.36. The van der Waals surface area contributed by atoms with Crippen molar-refractivity contribution in [2.75, 3.05) is 0 Å². The van der Waals surface area contributed by atoms with Crippen LogP contribution in [0.4, 0.5) is 0 Å². The van der Waals surface area contributed by atoms with Crippen molar-refractivity contribution in [2.45, 2.75) is 76.5 Å². The first-order chi connectivity index (χ1) is 6.49. The average molecular weight is 214 g/mol. The topological polar surface area (TPSA) is 0 Å². The molecule has 0 bridgehead atoms. The van der Waals surface area contributed by atoms with E-state index in [9.17, 15) is 0 Å². The van der Waals surface area contributed by atoms with Crippen LogP contribution in [0.5, 0.6) is 0 Å². The molecule has 0 heterocycles. The second-order valence-corrected chi connectivity index (χ2v) is 6.73. The summed E-state index contributed by atoms with van der Waals surface area (Å²) in [6.07, 6.45) is 3.93. The zero-order chi connectivity index (χ0) is 11.2. The summed E-state index contributed by atoms with van der Waals surface area (Å²) >= 11 is 2.22. The van der Waals surface area contributed by atoms with Gasteiger partial charge in [0.2, 0.25) is 0 Å². The lowest BCUT2D eigenvalue weighted by molar-refractivity contribution is 0.697. The van der Waals surface area contributed by atoms with Crippen LogP contribution in [-0.4, -0.2) is 17.2 Å². The molecule has 14 heavy (non-hydrogen) atoms. The first-order valence-electron chi connectivity index (χ1n) is 6.17. The van der Waals surface area contributed by atoms with E-state index in [1.165, 1.54) is 26.5 Å². The highest BCUT2D eigenvalue weighted by atomic mass is 32.2. The molecule has 0 aromatic carbocycles. The van der Waals surface area contributed by atoms with Crippen molar-refractivity contribution in [1.82, 2.24) is 0 Å². The van der Waals surface area contributed by atoms with Crippen LogP contribution in [0.2, 0.25) is 5.82 Å². The molecule has 2 heteroatoms. The predicted molar refractivity (Wildman–Crippen MR) is 72.9 cm³/mol. The molecule has 0 aromatic heterocycles. The molecule has 0 radical (unpaired) electrons. The van der Waals surface area contributed by atoms with Crippen molar-refractivity contribution in [3.8, 4) is 0 Å². The summed E-state index contributed by atoms with van der Waals surface area (Å²) in [6.45, 7) is 14.0. The minimum Gasteiger partial charge on any atom is -0.161 e. The molecule has 0 saturated heterocycles. The Hall–Kier alpha value is 0.415. The van der Waals surface area contributed by atoms with E-state index < -0.39 is 0 Å². The normalized spacial score (nSPS) is 14.5. The average Bonchev–Trinajstić information content (AvgIpc) is 2.15. The molecule has 84 valence electrons. The summed E-state index contributed by atoms with van der Waals surface area (Å²) in [5.74, 6) is 0.825. The van der Waals surface area contributed by atoms with E-state index in [-0.39, 0.29) is 0 Å². The van der Waals surface area contributed by atoms with Crippen molar-refractivity contribution in [1.29, 1.82) is 0 Å². The minimum atomic E-state index is 0.545. The Kier molecular flexibility index (Phi) is 7.02. The van der Waals surface area contributed by atoms with Crippen molar-refractivity contribution in [3.63, 3.8) is 0 Å². The summed E-state index contributed by atoms with van der Waals surface area (Å²) in [7, 11) is 1.37. The molecule has 0 saturated carbocycles. The van der Waals surface area contributed by atoms with Crippen LogP contribution in [0.3, 0.4) is 0 Å². The standard InChI is InChI=1S/C12H27BS/c1-7-11(6)14-12(8-2,9-3)13-10(4)5/h10-11,13H,7-9H2,1-6H3. The van der Waals surface area contributed by atoms with Crippen LogP contribution in [0.25, 0.3) is 0 Å². The van der Waals surface area contributed by atoms with Gasteiger partial charge in [-0.2, -0.15) is 11.8 Å². The molecular weight excluding hydrogens is 187 g/mol. The van der Waals surface area contributed by atoms with Crippen molar-refractivity contribution in [2.24, 2.45) is 0 Å². The summed E-state index contributed by atoms with van der Waals surface area (Å²) in [6, 6.07) is 0. The summed E-state index contributed by atoms with van der Waals surface area (Å²) < 4.78 is 0.545. The molecular formula is C12H27BS. The Bertz CT molecular complexity index is 141. The van der Waals surface area contributed by atoms with E-state index in [2.05, 4.69) is 53.3 Å². The van der Waals surface area contributed by atoms with Gasteiger partial charge < -0.3 is 0 Å². The van der Waals surface area contributed by atoms with Gasteiger partial charge in [0.1, 0.15) is 7.28 Å². The highest BCUT2D eigenvalue weighted by Gasteiger charge is 2.30. The number of rotatable bonds is 7. The number of thioether (sulfide) groups is 1. The Morgan fingerprint density at radius 1 is 1.07 bits per heavy atom. The molecule has 0 aliphatic carbocycles. The molecule has 0 aliphatic heterocycles. The molecule has 0 aliphatic rings. The smallest absolute Gasteiger partial charge is 0.143 e. The fourth-order valence-electron chi connectivity index (χ4n) is 2.01. The molecule has 0 spiro atoms. The zero-order valence-corrected chi connectivity index (χ0v) is 11.7. The molecule has 1 unspecified atom stereocenters. The minimum absolute atomic E-state index is 0.545. The van der Waals surface area contributed by atoms with Crippen LogP contribution in [0, 0.1) is 0 Å². The maximum absolute atomic E-state index is 2.37. The van der Waals surface area contributed by atoms with Gasteiger partial charge in [0.05, 0.1) is 0 Å². The lowest BCUT2D eigenvalue weighted by atomic mass is 9.53. The molecule has 0 amide bonds. The molecule has 0 rings (SSSR count). The highest BCUT2D eigenvalue weighted by Crippen LogP contribution is 2.37. The van der Waals surface area contributed by atoms with Crippen LogP contribution in [0.15, 0.2) is 0 Å². The second-order valence-electron chi connectivity index (χ2n) is 4.82. The Morgan fingerprint density at radius 2 is 1.57 bits per heavy atom. The van der Waals surface area contributed by atoms with E-state index in [4.69, 9.17) is 0 Å². The lowest BCUT2D eigenvalue weighted by Gasteiger charge is -2.34. The zero-order valence-electron chi connectivity index (χ0n) is 10.9. The van der Waals surface area contributed by atoms with Gasteiger partial charge in [-0.1, -0.05) is 47.4 Å². The van der Waals surface area contributed by atoms with Gasteiger partial charge in [-0.3, -0.25) is 0 Å². The van der Waals surface area contributed by atoms with Gasteiger partial charge in [-0.05, 0) is 23.9 Å². The first kappa shape index (κ1) is 14.4. The fraction of sp³-hybridized carbons (Fsp3) is 1.00. The van der Waals surface area contributed by atoms with E-state index in [0.717, 1.165) is 11.1 Å². The maximum Gasteiger partial charge on any atom is 0.143 e. The maximum atomic E-state index is 2.37. The highest BCUT2D eigenvalue weighted by molar-refractivity contribution is 8.02. The SMILES string of the molecule is CCC(C)SC(BC(C)C)(CC)CC. The summed E-state index contributed by atoms with van der Waals surface area (Å²) in [4.78, 5) is 0. The van der Waals surface area contributed by atoms with Gasteiger partial charge in [0.15, 0.2) is 0 Å². The van der Waals surface area contributed by atoms with Crippen LogP contribution in [-0.2, 0) is 0 Å². The molecule has 0 nitrogen and oxygen atoms in total. The first-order valence-corrected chi connectivity index (χ1v) is 7.05. The molecule has 0 fully saturated rings. The number of hydrogen-bond donors (Lipinski definition) is 0. The molecule has 0 aromatic rings. The van der Waals surface area contributed by atoms with E-state index in [0.29, 0.717) is 4.65 Å². The van der Waals surface area contributed by atoms with Gasteiger partial charge in [-0.25, -0.2) is 0 Å². The van der Waals surface area contributed by atoms with Crippen LogP contribution < -0.4 is 0 Å². The third-order valence-corrected chi connectivity index (χ3v) is 5.07. The van der Waals surface area contributed by atoms with Crippen molar-refractivity contribution < 1.29 is 0 Å². The van der Waals surface area contributed by atoms with Crippen LogP contribution in [0.1, 0.15) is 60.8 Å². The quantitative estimate of drug-likeness (QED) is 0.569. The third-order valence-electron chi connectivity index (χ3n) is 3.10. The lowest BCUT2D eigenvalue weighted by Crippen LogP contribution is -2.34. The third kappa shape index (κ3) is 4.77. The monoisotopic (exact) mass is 214 g/mol. The van der Waals surface area contributed by atoms with Crippen molar-refractivity contribution in [3.05, 3.63) is 0 Å². The van der Waals surface area contributed by atoms with Gasteiger partial charge in [-0.15, -0.1) is 0 Å². The van der Waals surface area contributed by atoms with Crippen LogP contribution >= 0.6 is 11.8 Å². The van der Waals surface area contributed by atoms with Gasteiger partial charge in [0.25, 0.3) is 0 Å². The van der Waals surface area contributed by atoms with E-state index >= 15 is 0 Å². The molecule has 1 atom stereocenters. The molecule has 0 N–H and O–H groups in total. The second kappa shape index (κ2) is 6.82. The van der Waals surface area contributed by atoms with E-state index in [1.54, 1.807) is 0 Å². The fourth-order valence-corrected chi connectivity index (χ4v) is 3.79. The Morgan fingerprint density at radius 3 is 1.86 bits per heavy atom. The summed E-state index contributed by atoms with van der Waals surface area (Å²) in [5.41, 5.74) is 0. The summed E-state index contributed by atoms with van der Waals surface area (Å²) in [5, 5.41) is 0.814. The van der Waals surface area contributed by atoms with Crippen molar-refractivity contribution >= 4 is 19.0 Å². The van der Waals surface area contributed by atoms with Gasteiger partial charge in [0, 0.05) is 5.25 Å². The van der Waals surface area contributed by atoms with Gasteiger partial charge >= 0.3 is 0 Å². The largest absolute Gasteiger partial charge is 0.161 e. The number of hydrogen-bond acceptors (Lipinski definition) is 1. The predicted octanol–water partition coefficient (Wildman–Crippen LogP) is 4.30.